The molecule has 0 aliphatic rings. The lowest BCUT2D eigenvalue weighted by molar-refractivity contribution is -0.119. The molecule has 25 heavy (non-hydrogen) atoms. The molecule has 0 atom stereocenters. The van der Waals surface area contributed by atoms with Gasteiger partial charge in [0.2, 0.25) is 0 Å². The molecule has 2 rings (SSSR count). The third-order valence-electron chi connectivity index (χ3n) is 3.75. The Hall–Kier alpha value is -2.77. The number of benzene rings is 1. The number of hydrogen-bond acceptors (Lipinski definition) is 3. The van der Waals surface area contributed by atoms with Gasteiger partial charge in [-0.2, -0.15) is 0 Å². The van der Waals surface area contributed by atoms with Gasteiger partial charge in [0.25, 0.3) is 5.91 Å². The minimum atomic E-state index is -1.69. The van der Waals surface area contributed by atoms with Crippen LogP contribution < -0.4 is 5.32 Å². The highest BCUT2D eigenvalue weighted by atomic mass is 19.2. The van der Waals surface area contributed by atoms with E-state index >= 15 is 0 Å². The van der Waals surface area contributed by atoms with Gasteiger partial charge in [0, 0.05) is 17.9 Å². The lowest BCUT2D eigenvalue weighted by atomic mass is 10.2. The van der Waals surface area contributed by atoms with Gasteiger partial charge in [0.15, 0.2) is 24.1 Å². The average Bonchev–Trinajstić information content (AvgIpc) is 2.87. The van der Waals surface area contributed by atoms with Crippen molar-refractivity contribution >= 4 is 17.6 Å². The lowest BCUT2D eigenvalue weighted by Gasteiger charge is -2.08. The van der Waals surface area contributed by atoms with Crippen molar-refractivity contribution < 1.29 is 27.5 Å². The molecule has 2 aromatic rings. The normalized spacial score (nSPS) is 10.6. The number of nitrogens with one attached hydrogen (secondary N) is 1. The number of nitrogens with zero attached hydrogens (tertiary/aromatic N) is 1. The highest BCUT2D eigenvalue weighted by molar-refractivity contribution is 5.96. The number of aromatic nitrogens is 1. The second kappa shape index (κ2) is 7.42. The highest BCUT2D eigenvalue weighted by Crippen LogP contribution is 2.20. The highest BCUT2D eigenvalue weighted by Gasteiger charge is 2.19. The van der Waals surface area contributed by atoms with Crippen LogP contribution in [0.4, 0.5) is 18.9 Å². The van der Waals surface area contributed by atoms with Crippen LogP contribution in [0.2, 0.25) is 0 Å². The van der Waals surface area contributed by atoms with Gasteiger partial charge < -0.3 is 14.6 Å². The molecule has 0 aliphatic carbocycles. The number of anilines is 1. The van der Waals surface area contributed by atoms with Crippen molar-refractivity contribution in [2.45, 2.75) is 27.3 Å². The van der Waals surface area contributed by atoms with Gasteiger partial charge in [0.05, 0.1) is 11.3 Å². The van der Waals surface area contributed by atoms with Crippen LogP contribution in [-0.4, -0.2) is 23.1 Å². The standard InChI is InChI=1S/C17H17F3N2O3/c1-4-22-9(2)7-11(10(22)3)17(24)25-8-14(23)21-13-6-5-12(18)15(19)16(13)20/h5-7H,4,8H2,1-3H3,(H,21,23). The quantitative estimate of drug-likeness (QED) is 0.662. The van der Waals surface area contributed by atoms with E-state index in [1.807, 2.05) is 23.7 Å². The van der Waals surface area contributed by atoms with Gasteiger partial charge in [-0.25, -0.2) is 18.0 Å². The van der Waals surface area contributed by atoms with E-state index in [1.165, 1.54) is 0 Å². The predicted molar refractivity (Wildman–Crippen MR) is 84.8 cm³/mol. The molecular formula is C17H17F3N2O3. The smallest absolute Gasteiger partial charge is 0.340 e. The zero-order chi connectivity index (χ0) is 18.7. The van der Waals surface area contributed by atoms with Crippen LogP contribution >= 0.6 is 0 Å². The predicted octanol–water partition coefficient (Wildman–Crippen LogP) is 3.34. The summed E-state index contributed by atoms with van der Waals surface area (Å²) in [6.07, 6.45) is 0. The summed E-state index contributed by atoms with van der Waals surface area (Å²) in [5, 5.41) is 2.02. The van der Waals surface area contributed by atoms with Gasteiger partial charge in [-0.05, 0) is 39.0 Å². The fraction of sp³-hybridized carbons (Fsp3) is 0.294. The summed E-state index contributed by atoms with van der Waals surface area (Å²) >= 11 is 0. The average molecular weight is 354 g/mol. The molecule has 0 aliphatic heterocycles. The Balaban J connectivity index is 2.01. The summed E-state index contributed by atoms with van der Waals surface area (Å²) in [7, 11) is 0. The van der Waals surface area contributed by atoms with Gasteiger partial charge in [-0.3, -0.25) is 4.79 Å². The Morgan fingerprint density at radius 1 is 1.16 bits per heavy atom. The van der Waals surface area contributed by atoms with E-state index in [-0.39, 0.29) is 0 Å². The first-order valence-corrected chi connectivity index (χ1v) is 7.53. The monoisotopic (exact) mass is 354 g/mol. The number of amides is 1. The van der Waals surface area contributed by atoms with Crippen molar-refractivity contribution in [2.75, 3.05) is 11.9 Å². The minimum Gasteiger partial charge on any atom is -0.452 e. The third kappa shape index (κ3) is 3.84. The number of carbonyl (C=O) groups is 2. The summed E-state index contributed by atoms with van der Waals surface area (Å²) in [6.45, 7) is 5.52. The molecule has 1 aromatic carbocycles. The fourth-order valence-corrected chi connectivity index (χ4v) is 2.51. The summed E-state index contributed by atoms with van der Waals surface area (Å²) in [5.74, 6) is -6.16. The van der Waals surface area contributed by atoms with Crippen molar-refractivity contribution in [3.05, 3.63) is 52.6 Å². The van der Waals surface area contributed by atoms with E-state index in [1.54, 1.807) is 13.0 Å². The molecule has 1 amide bonds. The lowest BCUT2D eigenvalue weighted by Crippen LogP contribution is -2.22. The Morgan fingerprint density at radius 2 is 1.84 bits per heavy atom. The van der Waals surface area contributed by atoms with E-state index in [9.17, 15) is 22.8 Å². The molecule has 134 valence electrons. The van der Waals surface area contributed by atoms with Gasteiger partial charge in [0.1, 0.15) is 0 Å². The molecule has 5 nitrogen and oxygen atoms in total. The van der Waals surface area contributed by atoms with Crippen molar-refractivity contribution in [3.63, 3.8) is 0 Å². The molecule has 8 heteroatoms. The molecule has 0 spiro atoms. The van der Waals surface area contributed by atoms with E-state index in [2.05, 4.69) is 0 Å². The van der Waals surface area contributed by atoms with Crippen LogP contribution in [0.3, 0.4) is 0 Å². The fourth-order valence-electron chi connectivity index (χ4n) is 2.51. The van der Waals surface area contributed by atoms with E-state index < -0.39 is 41.6 Å². The molecule has 0 saturated carbocycles. The summed E-state index contributed by atoms with van der Waals surface area (Å²) in [6, 6.07) is 3.20. The second-order valence-corrected chi connectivity index (χ2v) is 5.38. The zero-order valence-electron chi connectivity index (χ0n) is 14.0. The molecule has 1 aromatic heterocycles. The third-order valence-corrected chi connectivity index (χ3v) is 3.75. The van der Waals surface area contributed by atoms with Gasteiger partial charge in [-0.15, -0.1) is 0 Å². The van der Waals surface area contributed by atoms with Crippen LogP contribution in [0.5, 0.6) is 0 Å². The molecule has 0 radical (unpaired) electrons. The number of halogens is 3. The number of aryl methyl sites for hydroxylation is 1. The first-order chi connectivity index (χ1) is 11.8. The first-order valence-electron chi connectivity index (χ1n) is 7.53. The van der Waals surface area contributed by atoms with Crippen LogP contribution in [0.15, 0.2) is 18.2 Å². The van der Waals surface area contributed by atoms with Crippen LogP contribution in [0.25, 0.3) is 0 Å². The molecule has 1 N–H and O–H groups in total. The minimum absolute atomic E-state index is 0.325. The number of carbonyl (C=O) groups excluding carboxylic acids is 2. The van der Waals surface area contributed by atoms with E-state index in [4.69, 9.17) is 4.74 Å². The van der Waals surface area contributed by atoms with E-state index in [0.29, 0.717) is 23.9 Å². The Bertz CT molecular complexity index is 831. The summed E-state index contributed by atoms with van der Waals surface area (Å²) in [4.78, 5) is 23.8. The Morgan fingerprint density at radius 3 is 2.44 bits per heavy atom. The molecule has 0 unspecified atom stereocenters. The van der Waals surface area contributed by atoms with Crippen LogP contribution in [0, 0.1) is 31.3 Å². The summed E-state index contributed by atoms with van der Waals surface area (Å²) < 4.78 is 46.2. The largest absolute Gasteiger partial charge is 0.452 e. The Labute approximate surface area is 142 Å². The maximum Gasteiger partial charge on any atom is 0.340 e. The molecule has 1 heterocycles. The maximum absolute atomic E-state index is 13.5. The first kappa shape index (κ1) is 18.6. The molecular weight excluding hydrogens is 337 g/mol. The number of hydrogen-bond donors (Lipinski definition) is 1. The number of rotatable bonds is 5. The second-order valence-electron chi connectivity index (χ2n) is 5.38. The van der Waals surface area contributed by atoms with Gasteiger partial charge in [-0.1, -0.05) is 0 Å². The molecule has 0 saturated heterocycles. The van der Waals surface area contributed by atoms with Crippen molar-refractivity contribution in [1.82, 2.24) is 4.57 Å². The van der Waals surface area contributed by atoms with Crippen molar-refractivity contribution in [2.24, 2.45) is 0 Å². The van der Waals surface area contributed by atoms with E-state index in [0.717, 1.165) is 11.8 Å². The van der Waals surface area contributed by atoms with Gasteiger partial charge >= 0.3 is 5.97 Å². The zero-order valence-corrected chi connectivity index (χ0v) is 14.0. The SMILES string of the molecule is CCn1c(C)cc(C(=O)OCC(=O)Nc2ccc(F)c(F)c2F)c1C. The van der Waals surface area contributed by atoms with Crippen LogP contribution in [0.1, 0.15) is 28.7 Å². The number of esters is 1. The van der Waals surface area contributed by atoms with Crippen molar-refractivity contribution in [3.8, 4) is 0 Å². The number of ether oxygens (including phenoxy) is 1. The maximum atomic E-state index is 13.5. The molecule has 0 fully saturated rings. The topological polar surface area (TPSA) is 60.3 Å². The Kier molecular flexibility index (Phi) is 5.51. The summed E-state index contributed by atoms with van der Waals surface area (Å²) in [5.41, 5.74) is 1.37. The van der Waals surface area contributed by atoms with Crippen molar-refractivity contribution in [1.29, 1.82) is 0 Å². The molecule has 0 bridgehead atoms. The van der Waals surface area contributed by atoms with Crippen LogP contribution in [-0.2, 0) is 16.1 Å².